The van der Waals surface area contributed by atoms with Crippen LogP contribution in [0.5, 0.6) is 0 Å². The topological polar surface area (TPSA) is 45.8 Å². The van der Waals surface area contributed by atoms with Crippen molar-refractivity contribution in [3.8, 4) is 11.3 Å². The van der Waals surface area contributed by atoms with Crippen molar-refractivity contribution in [3.63, 3.8) is 0 Å². The van der Waals surface area contributed by atoms with Crippen LogP contribution in [0.3, 0.4) is 0 Å². The summed E-state index contributed by atoms with van der Waals surface area (Å²) in [6, 6.07) is 7.70. The van der Waals surface area contributed by atoms with E-state index >= 15 is 0 Å². The zero-order chi connectivity index (χ0) is 9.97. The maximum atomic E-state index is 10.7. The number of nitrogens with zero attached hydrogens (tertiary/aromatic N) is 1. The van der Waals surface area contributed by atoms with Crippen molar-refractivity contribution in [3.05, 3.63) is 40.5 Å². The standard InChI is InChI=1S/C10H7BrN2O/c11-9-3-1-2-7(4-9)10-8(6-14)5-12-13-10/h1-6H,(H,12,13). The van der Waals surface area contributed by atoms with Gasteiger partial charge in [-0.25, -0.2) is 0 Å². The molecule has 0 saturated heterocycles. The number of rotatable bonds is 2. The quantitative estimate of drug-likeness (QED) is 0.834. The lowest BCUT2D eigenvalue weighted by Crippen LogP contribution is -1.83. The van der Waals surface area contributed by atoms with Gasteiger partial charge in [0.05, 0.1) is 17.5 Å². The van der Waals surface area contributed by atoms with Gasteiger partial charge in [-0.3, -0.25) is 9.89 Å². The van der Waals surface area contributed by atoms with Gasteiger partial charge in [-0.05, 0) is 12.1 Å². The van der Waals surface area contributed by atoms with Gasteiger partial charge >= 0.3 is 0 Å². The highest BCUT2D eigenvalue weighted by molar-refractivity contribution is 9.10. The van der Waals surface area contributed by atoms with Crippen molar-refractivity contribution >= 4 is 22.2 Å². The summed E-state index contributed by atoms with van der Waals surface area (Å²) in [7, 11) is 0. The summed E-state index contributed by atoms with van der Waals surface area (Å²) in [5.74, 6) is 0. The summed E-state index contributed by atoms with van der Waals surface area (Å²) in [5, 5.41) is 6.63. The number of carbonyl (C=O) groups is 1. The van der Waals surface area contributed by atoms with Gasteiger partial charge in [0.25, 0.3) is 0 Å². The summed E-state index contributed by atoms with van der Waals surface area (Å²) in [5.41, 5.74) is 2.27. The Morgan fingerprint density at radius 2 is 2.29 bits per heavy atom. The SMILES string of the molecule is O=Cc1cn[nH]c1-c1cccc(Br)c1. The lowest BCUT2D eigenvalue weighted by molar-refractivity contribution is 0.112. The van der Waals surface area contributed by atoms with E-state index in [4.69, 9.17) is 0 Å². The van der Waals surface area contributed by atoms with E-state index in [1.165, 1.54) is 6.20 Å². The predicted octanol–water partition coefficient (Wildman–Crippen LogP) is 2.65. The molecular weight excluding hydrogens is 244 g/mol. The van der Waals surface area contributed by atoms with Crippen LogP contribution in [0.4, 0.5) is 0 Å². The van der Waals surface area contributed by atoms with Crippen LogP contribution < -0.4 is 0 Å². The van der Waals surface area contributed by atoms with E-state index in [9.17, 15) is 4.79 Å². The molecule has 4 heteroatoms. The molecule has 0 fully saturated rings. The first kappa shape index (κ1) is 9.15. The number of hydrogen-bond acceptors (Lipinski definition) is 2. The molecule has 0 atom stereocenters. The zero-order valence-electron chi connectivity index (χ0n) is 7.20. The van der Waals surface area contributed by atoms with Gasteiger partial charge in [-0.15, -0.1) is 0 Å². The van der Waals surface area contributed by atoms with Crippen LogP contribution in [-0.2, 0) is 0 Å². The molecule has 1 N–H and O–H groups in total. The second-order valence-corrected chi connectivity index (χ2v) is 3.74. The van der Waals surface area contributed by atoms with Crippen molar-refractivity contribution < 1.29 is 4.79 Å². The summed E-state index contributed by atoms with van der Waals surface area (Å²) in [6.45, 7) is 0. The summed E-state index contributed by atoms with van der Waals surface area (Å²) < 4.78 is 0.974. The van der Waals surface area contributed by atoms with Crippen LogP contribution >= 0.6 is 15.9 Å². The smallest absolute Gasteiger partial charge is 0.153 e. The molecule has 0 unspecified atom stereocenters. The first-order chi connectivity index (χ1) is 6.81. The number of hydrogen-bond donors (Lipinski definition) is 1. The zero-order valence-corrected chi connectivity index (χ0v) is 8.78. The number of aldehydes is 1. The largest absolute Gasteiger partial charge is 0.298 e. The normalized spacial score (nSPS) is 10.1. The lowest BCUT2D eigenvalue weighted by atomic mass is 10.1. The molecule has 0 aliphatic rings. The molecule has 3 nitrogen and oxygen atoms in total. The third-order valence-electron chi connectivity index (χ3n) is 1.91. The molecule has 1 aromatic heterocycles. The average molecular weight is 251 g/mol. The van der Waals surface area contributed by atoms with E-state index in [-0.39, 0.29) is 0 Å². The Labute approximate surface area is 89.3 Å². The van der Waals surface area contributed by atoms with Crippen LogP contribution in [0.2, 0.25) is 0 Å². The number of nitrogens with one attached hydrogen (secondary N) is 1. The molecule has 1 aromatic carbocycles. The van der Waals surface area contributed by atoms with Crippen molar-refractivity contribution in [1.29, 1.82) is 0 Å². The first-order valence-electron chi connectivity index (χ1n) is 4.06. The number of benzene rings is 1. The lowest BCUT2D eigenvalue weighted by Gasteiger charge is -1.98. The van der Waals surface area contributed by atoms with Gasteiger partial charge in [0, 0.05) is 10.0 Å². The molecule has 0 saturated carbocycles. The van der Waals surface area contributed by atoms with E-state index in [1.807, 2.05) is 24.3 Å². The van der Waals surface area contributed by atoms with E-state index < -0.39 is 0 Å². The number of H-pyrrole nitrogens is 1. The van der Waals surface area contributed by atoms with E-state index in [1.54, 1.807) is 0 Å². The molecule has 2 rings (SSSR count). The fourth-order valence-electron chi connectivity index (χ4n) is 1.26. The molecular formula is C10H7BrN2O. The maximum Gasteiger partial charge on any atom is 0.153 e. The Balaban J connectivity index is 2.54. The number of aromatic nitrogens is 2. The third kappa shape index (κ3) is 1.61. The van der Waals surface area contributed by atoms with Crippen molar-refractivity contribution in [2.75, 3.05) is 0 Å². The van der Waals surface area contributed by atoms with Crippen molar-refractivity contribution in [2.45, 2.75) is 0 Å². The molecule has 0 bridgehead atoms. The van der Waals surface area contributed by atoms with Gasteiger partial charge in [0.1, 0.15) is 0 Å². The van der Waals surface area contributed by atoms with Gasteiger partial charge in [-0.1, -0.05) is 28.1 Å². The molecule has 1 heterocycles. The molecule has 0 aliphatic carbocycles. The molecule has 14 heavy (non-hydrogen) atoms. The Hall–Kier alpha value is -1.42. The fraction of sp³-hybridized carbons (Fsp3) is 0. The van der Waals surface area contributed by atoms with Crippen LogP contribution in [-0.4, -0.2) is 16.5 Å². The minimum atomic E-state index is 0.572. The van der Waals surface area contributed by atoms with Gasteiger partial charge in [0.2, 0.25) is 0 Å². The Kier molecular flexibility index (Phi) is 2.45. The molecule has 0 amide bonds. The Morgan fingerprint density at radius 1 is 1.43 bits per heavy atom. The minimum Gasteiger partial charge on any atom is -0.298 e. The second kappa shape index (κ2) is 3.75. The van der Waals surface area contributed by atoms with E-state index in [0.717, 1.165) is 22.0 Å². The maximum absolute atomic E-state index is 10.7. The predicted molar refractivity (Wildman–Crippen MR) is 57.1 cm³/mol. The monoisotopic (exact) mass is 250 g/mol. The molecule has 0 radical (unpaired) electrons. The van der Waals surface area contributed by atoms with Crippen LogP contribution in [0.1, 0.15) is 10.4 Å². The van der Waals surface area contributed by atoms with Gasteiger partial charge in [-0.2, -0.15) is 5.10 Å². The number of carbonyl (C=O) groups excluding carboxylic acids is 1. The summed E-state index contributed by atoms with van der Waals surface area (Å²) in [6.07, 6.45) is 2.31. The van der Waals surface area contributed by atoms with E-state index in [0.29, 0.717) is 5.56 Å². The van der Waals surface area contributed by atoms with Crippen molar-refractivity contribution in [1.82, 2.24) is 10.2 Å². The Morgan fingerprint density at radius 3 is 3.00 bits per heavy atom. The average Bonchev–Trinajstić information content (AvgIpc) is 2.65. The summed E-state index contributed by atoms with van der Waals surface area (Å²) in [4.78, 5) is 10.7. The van der Waals surface area contributed by atoms with E-state index in [2.05, 4.69) is 26.1 Å². The highest BCUT2D eigenvalue weighted by atomic mass is 79.9. The number of halogens is 1. The second-order valence-electron chi connectivity index (χ2n) is 2.83. The van der Waals surface area contributed by atoms with Gasteiger partial charge in [0.15, 0.2) is 6.29 Å². The minimum absolute atomic E-state index is 0.572. The molecule has 2 aromatic rings. The van der Waals surface area contributed by atoms with Crippen LogP contribution in [0.15, 0.2) is 34.9 Å². The molecule has 0 aliphatic heterocycles. The fourth-order valence-corrected chi connectivity index (χ4v) is 1.66. The first-order valence-corrected chi connectivity index (χ1v) is 4.85. The van der Waals surface area contributed by atoms with Crippen LogP contribution in [0, 0.1) is 0 Å². The van der Waals surface area contributed by atoms with Crippen molar-refractivity contribution in [2.24, 2.45) is 0 Å². The molecule has 0 spiro atoms. The molecule has 70 valence electrons. The van der Waals surface area contributed by atoms with Crippen LogP contribution in [0.25, 0.3) is 11.3 Å². The number of aromatic amines is 1. The third-order valence-corrected chi connectivity index (χ3v) is 2.40. The van der Waals surface area contributed by atoms with Gasteiger partial charge < -0.3 is 0 Å². The highest BCUT2D eigenvalue weighted by Gasteiger charge is 2.06. The highest BCUT2D eigenvalue weighted by Crippen LogP contribution is 2.22. The summed E-state index contributed by atoms with van der Waals surface area (Å²) >= 11 is 3.37. The Bertz CT molecular complexity index is 465.